The van der Waals surface area contributed by atoms with E-state index in [4.69, 9.17) is 4.74 Å². The lowest BCUT2D eigenvalue weighted by Crippen LogP contribution is -2.45. The van der Waals surface area contributed by atoms with Crippen molar-refractivity contribution in [3.8, 4) is 0 Å². The molecular formula is C11H16F3NO5S. The molecule has 1 aliphatic heterocycles. The quantitative estimate of drug-likeness (QED) is 0.586. The second-order valence-corrected chi connectivity index (χ2v) is 6.08. The fourth-order valence-electron chi connectivity index (χ4n) is 1.77. The van der Waals surface area contributed by atoms with Crippen molar-refractivity contribution >= 4 is 16.2 Å². The van der Waals surface area contributed by atoms with Gasteiger partial charge in [0, 0.05) is 12.5 Å². The molecule has 0 fully saturated rings. The lowest BCUT2D eigenvalue weighted by molar-refractivity contribution is -0.0530. The van der Waals surface area contributed by atoms with Gasteiger partial charge in [-0.15, -0.1) is 0 Å². The van der Waals surface area contributed by atoms with E-state index in [0.29, 0.717) is 0 Å². The maximum absolute atomic E-state index is 12.3. The number of rotatable bonds is 3. The minimum absolute atomic E-state index is 0.000783. The first-order valence-corrected chi connectivity index (χ1v) is 7.56. The number of halogens is 3. The third-order valence-corrected chi connectivity index (χ3v) is 3.82. The normalized spacial score (nSPS) is 23.5. The predicted molar refractivity (Wildman–Crippen MR) is 66.5 cm³/mol. The summed E-state index contributed by atoms with van der Waals surface area (Å²) in [6, 6.07) is -0.640. The van der Waals surface area contributed by atoms with Crippen LogP contribution in [0.1, 0.15) is 20.8 Å². The highest BCUT2D eigenvalue weighted by Crippen LogP contribution is 2.31. The lowest BCUT2D eigenvalue weighted by atomic mass is 10.0. The summed E-state index contributed by atoms with van der Waals surface area (Å²) in [4.78, 5) is 12.9. The van der Waals surface area contributed by atoms with E-state index < -0.39 is 33.7 Å². The number of nitrogens with zero attached hydrogens (tertiary/aromatic N) is 1. The van der Waals surface area contributed by atoms with Crippen molar-refractivity contribution in [2.24, 2.45) is 5.92 Å². The first-order valence-electron chi connectivity index (χ1n) is 6.15. The highest BCUT2D eigenvalue weighted by molar-refractivity contribution is 7.87. The van der Waals surface area contributed by atoms with Crippen LogP contribution in [0.5, 0.6) is 0 Å². The lowest BCUT2D eigenvalue weighted by Gasteiger charge is -2.34. The first kappa shape index (κ1) is 17.6. The zero-order chi connectivity index (χ0) is 16.4. The number of carbonyl (C=O) groups excluding carboxylic acids is 1. The summed E-state index contributed by atoms with van der Waals surface area (Å²) in [5.41, 5.74) is -5.49. The maximum atomic E-state index is 12.3. The Morgan fingerprint density at radius 3 is 2.48 bits per heavy atom. The van der Waals surface area contributed by atoms with Gasteiger partial charge in [0.1, 0.15) is 5.76 Å². The van der Waals surface area contributed by atoms with Gasteiger partial charge in [0.15, 0.2) is 0 Å². The molecule has 1 heterocycles. The summed E-state index contributed by atoms with van der Waals surface area (Å²) in [5.74, 6) is -1.04. The molecule has 0 N–H and O–H groups in total. The summed E-state index contributed by atoms with van der Waals surface area (Å²) in [5, 5.41) is 0. The van der Waals surface area contributed by atoms with Gasteiger partial charge in [-0.1, -0.05) is 6.92 Å². The van der Waals surface area contributed by atoms with Crippen LogP contribution >= 0.6 is 0 Å². The van der Waals surface area contributed by atoms with Gasteiger partial charge >= 0.3 is 21.7 Å². The van der Waals surface area contributed by atoms with Crippen LogP contribution < -0.4 is 0 Å². The molecule has 0 aromatic heterocycles. The molecule has 0 saturated carbocycles. The average molecular weight is 331 g/mol. The molecule has 0 saturated heterocycles. The Bertz CT molecular complexity index is 528. The zero-order valence-electron chi connectivity index (χ0n) is 11.7. The van der Waals surface area contributed by atoms with Gasteiger partial charge in [-0.2, -0.15) is 21.6 Å². The summed E-state index contributed by atoms with van der Waals surface area (Å²) in [6.07, 6.45) is 0.541. The van der Waals surface area contributed by atoms with Crippen molar-refractivity contribution in [1.29, 1.82) is 0 Å². The minimum atomic E-state index is -5.70. The second-order valence-electron chi connectivity index (χ2n) is 4.55. The Morgan fingerprint density at radius 2 is 2.00 bits per heavy atom. The first-order chi connectivity index (χ1) is 9.49. The largest absolute Gasteiger partial charge is 0.534 e. The average Bonchev–Trinajstić information content (AvgIpc) is 2.31. The van der Waals surface area contributed by atoms with Crippen LogP contribution in [-0.2, 0) is 19.0 Å². The molecule has 2 unspecified atom stereocenters. The SMILES string of the molecule is CCOC(=O)N1CC(C)C(OS(=O)(=O)C(F)(F)F)=CC1C. The van der Waals surface area contributed by atoms with Crippen molar-refractivity contribution in [2.75, 3.05) is 13.2 Å². The summed E-state index contributed by atoms with van der Waals surface area (Å²) in [6.45, 7) is 4.75. The Kier molecular flexibility index (Phi) is 5.13. The zero-order valence-corrected chi connectivity index (χ0v) is 12.5. The number of alkyl halides is 3. The van der Waals surface area contributed by atoms with Crippen molar-refractivity contribution in [1.82, 2.24) is 4.90 Å². The Labute approximate surface area is 120 Å². The second kappa shape index (κ2) is 6.12. The standard InChI is InChI=1S/C11H16F3NO5S/c1-4-19-10(16)15-6-7(2)9(5-8(15)3)20-21(17,18)11(12,13)14/h5,7-8H,4,6H2,1-3H3. The Morgan fingerprint density at radius 1 is 1.43 bits per heavy atom. The number of ether oxygens (including phenoxy) is 1. The third kappa shape index (κ3) is 4.02. The van der Waals surface area contributed by atoms with Crippen LogP contribution in [0.3, 0.4) is 0 Å². The van der Waals surface area contributed by atoms with Crippen LogP contribution in [0.4, 0.5) is 18.0 Å². The van der Waals surface area contributed by atoms with Crippen LogP contribution in [0.2, 0.25) is 0 Å². The molecule has 1 amide bonds. The van der Waals surface area contributed by atoms with Gasteiger partial charge < -0.3 is 13.8 Å². The summed E-state index contributed by atoms with van der Waals surface area (Å²) >= 11 is 0. The number of hydrogen-bond acceptors (Lipinski definition) is 5. The molecule has 1 aliphatic rings. The molecule has 0 aromatic carbocycles. The molecule has 1 rings (SSSR count). The van der Waals surface area contributed by atoms with E-state index in [1.807, 2.05) is 0 Å². The van der Waals surface area contributed by atoms with Gasteiger partial charge in [-0.25, -0.2) is 4.79 Å². The number of hydrogen-bond donors (Lipinski definition) is 0. The molecule has 6 nitrogen and oxygen atoms in total. The monoisotopic (exact) mass is 331 g/mol. The molecule has 0 spiro atoms. The van der Waals surface area contributed by atoms with Crippen molar-refractivity contribution in [2.45, 2.75) is 32.3 Å². The van der Waals surface area contributed by atoms with E-state index in [2.05, 4.69) is 4.18 Å². The van der Waals surface area contributed by atoms with Gasteiger partial charge in [0.2, 0.25) is 0 Å². The van der Waals surface area contributed by atoms with E-state index in [-0.39, 0.29) is 18.9 Å². The van der Waals surface area contributed by atoms with Crippen LogP contribution in [0.25, 0.3) is 0 Å². The predicted octanol–water partition coefficient (Wildman–Crippen LogP) is 2.23. The molecule has 0 bridgehead atoms. The summed E-state index contributed by atoms with van der Waals surface area (Å²) < 4.78 is 67.8. The van der Waals surface area contributed by atoms with Crippen LogP contribution in [0, 0.1) is 5.92 Å². The topological polar surface area (TPSA) is 72.9 Å². The Hall–Kier alpha value is -1.45. The van der Waals surface area contributed by atoms with E-state index in [0.717, 1.165) is 6.08 Å². The highest BCUT2D eigenvalue weighted by atomic mass is 32.2. The molecule has 0 aromatic rings. The third-order valence-electron chi connectivity index (χ3n) is 2.85. The van der Waals surface area contributed by atoms with Crippen LogP contribution in [-0.4, -0.2) is 44.1 Å². The highest BCUT2D eigenvalue weighted by Gasteiger charge is 2.49. The fraction of sp³-hybridized carbons (Fsp3) is 0.727. The Balaban J connectivity index is 2.93. The molecule has 21 heavy (non-hydrogen) atoms. The molecule has 10 heteroatoms. The smallest absolute Gasteiger partial charge is 0.450 e. The van der Waals surface area contributed by atoms with Gasteiger partial charge in [-0.3, -0.25) is 0 Å². The molecule has 2 atom stereocenters. The number of amides is 1. The molecule has 122 valence electrons. The van der Waals surface area contributed by atoms with Crippen LogP contribution in [0.15, 0.2) is 11.8 Å². The van der Waals surface area contributed by atoms with Crippen molar-refractivity contribution in [3.63, 3.8) is 0 Å². The van der Waals surface area contributed by atoms with E-state index in [1.54, 1.807) is 6.92 Å². The maximum Gasteiger partial charge on any atom is 0.534 e. The van der Waals surface area contributed by atoms with E-state index in [1.165, 1.54) is 18.7 Å². The van der Waals surface area contributed by atoms with Gasteiger partial charge in [0.25, 0.3) is 0 Å². The fourth-order valence-corrected chi connectivity index (χ4v) is 2.34. The molecular weight excluding hydrogens is 315 g/mol. The molecule has 0 aliphatic carbocycles. The van der Waals surface area contributed by atoms with Crippen molar-refractivity contribution in [3.05, 3.63) is 11.8 Å². The minimum Gasteiger partial charge on any atom is -0.450 e. The summed E-state index contributed by atoms with van der Waals surface area (Å²) in [7, 11) is -5.70. The van der Waals surface area contributed by atoms with E-state index >= 15 is 0 Å². The van der Waals surface area contributed by atoms with Crippen molar-refractivity contribution < 1.29 is 35.3 Å². The van der Waals surface area contributed by atoms with Gasteiger partial charge in [0.05, 0.1) is 12.6 Å². The molecule has 0 radical (unpaired) electrons. The van der Waals surface area contributed by atoms with E-state index in [9.17, 15) is 26.4 Å². The number of carbonyl (C=O) groups is 1. The van der Waals surface area contributed by atoms with Gasteiger partial charge in [-0.05, 0) is 19.9 Å².